The van der Waals surface area contributed by atoms with E-state index < -0.39 is 11.6 Å². The van der Waals surface area contributed by atoms with Crippen molar-refractivity contribution in [3.8, 4) is 0 Å². The van der Waals surface area contributed by atoms with Crippen molar-refractivity contribution in [1.82, 2.24) is 0 Å². The van der Waals surface area contributed by atoms with E-state index in [1.165, 1.54) is 31.4 Å². The summed E-state index contributed by atoms with van der Waals surface area (Å²) in [5.74, 6) is -0.617. The summed E-state index contributed by atoms with van der Waals surface area (Å²) in [7, 11) is 1.46. The van der Waals surface area contributed by atoms with Crippen LogP contribution < -0.4 is 0 Å². The third kappa shape index (κ3) is 2.79. The fourth-order valence-corrected chi connectivity index (χ4v) is 2.44. The van der Waals surface area contributed by atoms with Gasteiger partial charge in [0.15, 0.2) is 11.6 Å². The quantitative estimate of drug-likeness (QED) is 0.628. The van der Waals surface area contributed by atoms with E-state index in [1.54, 1.807) is 0 Å². The maximum absolute atomic E-state index is 12.9. The Balaban J connectivity index is 2.43. The van der Waals surface area contributed by atoms with Crippen molar-refractivity contribution < 1.29 is 18.7 Å². The second kappa shape index (κ2) is 5.19. The summed E-state index contributed by atoms with van der Waals surface area (Å²) in [5.41, 5.74) is 0.178. The maximum atomic E-state index is 12.9. The first-order chi connectivity index (χ1) is 9.34. The number of hydrogen-bond acceptors (Lipinski definition) is 3. The van der Waals surface area contributed by atoms with Crippen molar-refractivity contribution in [2.75, 3.05) is 7.11 Å². The van der Waals surface area contributed by atoms with E-state index in [1.807, 2.05) is 13.8 Å². The minimum absolute atomic E-state index is 0.0958. The predicted molar refractivity (Wildman–Crippen MR) is 72.8 cm³/mol. The van der Waals surface area contributed by atoms with Gasteiger partial charge in [0, 0.05) is 18.4 Å². The number of Topliss-reactive ketones (excluding diaryl/α,β-unsaturated/α-hetero) is 2. The van der Waals surface area contributed by atoms with Gasteiger partial charge in [0.1, 0.15) is 17.1 Å². The molecule has 2 rings (SSSR count). The second-order valence-corrected chi connectivity index (χ2v) is 5.78. The molecule has 0 radical (unpaired) electrons. The van der Waals surface area contributed by atoms with Gasteiger partial charge in [-0.1, -0.05) is 13.8 Å². The molecular formula is C16H17FO3. The molecule has 0 amide bonds. The van der Waals surface area contributed by atoms with Gasteiger partial charge in [-0.25, -0.2) is 4.39 Å². The minimum Gasteiger partial charge on any atom is -0.500 e. The summed E-state index contributed by atoms with van der Waals surface area (Å²) in [6, 6.07) is 5.17. The molecule has 0 aromatic heterocycles. The zero-order valence-electron chi connectivity index (χ0n) is 11.8. The molecule has 0 N–H and O–H groups in total. The zero-order valence-corrected chi connectivity index (χ0v) is 11.8. The molecule has 0 spiro atoms. The van der Waals surface area contributed by atoms with Crippen molar-refractivity contribution in [3.63, 3.8) is 0 Å². The fourth-order valence-electron chi connectivity index (χ4n) is 2.44. The Morgan fingerprint density at radius 3 is 2.35 bits per heavy atom. The van der Waals surface area contributed by atoms with Crippen LogP contribution in [-0.2, 0) is 9.53 Å². The molecule has 3 nitrogen and oxygen atoms in total. The molecular weight excluding hydrogens is 259 g/mol. The lowest BCUT2D eigenvalue weighted by atomic mass is 9.75. The van der Waals surface area contributed by atoms with Crippen LogP contribution in [-0.4, -0.2) is 18.7 Å². The molecule has 0 saturated carbocycles. The number of hydrogen-bond donors (Lipinski definition) is 0. The highest BCUT2D eigenvalue weighted by molar-refractivity contribution is 6.27. The van der Waals surface area contributed by atoms with E-state index in [4.69, 9.17) is 4.74 Å². The van der Waals surface area contributed by atoms with E-state index >= 15 is 0 Å². The summed E-state index contributed by atoms with van der Waals surface area (Å²) in [4.78, 5) is 24.6. The highest BCUT2D eigenvalue weighted by Gasteiger charge is 2.37. The third-order valence-electron chi connectivity index (χ3n) is 3.42. The number of carbonyl (C=O) groups excluding carboxylic acids is 2. The smallest absolute Gasteiger partial charge is 0.200 e. The molecule has 0 unspecified atom stereocenters. The first kappa shape index (κ1) is 14.4. The number of carbonyl (C=O) groups is 2. The van der Waals surface area contributed by atoms with Gasteiger partial charge < -0.3 is 4.74 Å². The van der Waals surface area contributed by atoms with Crippen molar-refractivity contribution in [3.05, 3.63) is 47.0 Å². The average molecular weight is 276 g/mol. The van der Waals surface area contributed by atoms with E-state index in [0.717, 1.165) is 0 Å². The fraction of sp³-hybridized carbons (Fsp3) is 0.375. The van der Waals surface area contributed by atoms with Gasteiger partial charge in [0.25, 0.3) is 0 Å². The molecule has 4 heteroatoms. The molecule has 0 atom stereocenters. The molecule has 1 aliphatic rings. The first-order valence-corrected chi connectivity index (χ1v) is 6.45. The molecule has 20 heavy (non-hydrogen) atoms. The summed E-state index contributed by atoms with van der Waals surface area (Å²) in [6.45, 7) is 3.92. The van der Waals surface area contributed by atoms with E-state index in [9.17, 15) is 14.0 Å². The number of ether oxygens (including phenoxy) is 1. The molecule has 0 aliphatic heterocycles. The van der Waals surface area contributed by atoms with Crippen LogP contribution in [0, 0.1) is 11.2 Å². The molecule has 0 fully saturated rings. The molecule has 1 aromatic carbocycles. The van der Waals surface area contributed by atoms with Gasteiger partial charge in [-0.05, 0) is 29.7 Å². The van der Waals surface area contributed by atoms with Crippen LogP contribution in [0.25, 0.3) is 0 Å². The number of halogens is 1. The molecule has 1 aliphatic carbocycles. The van der Waals surface area contributed by atoms with Crippen molar-refractivity contribution in [1.29, 1.82) is 0 Å². The molecule has 0 bridgehead atoms. The Labute approximate surface area is 117 Å². The van der Waals surface area contributed by atoms with Gasteiger partial charge in [-0.15, -0.1) is 0 Å². The summed E-state index contributed by atoms with van der Waals surface area (Å²) in [5, 5.41) is 0. The van der Waals surface area contributed by atoms with Gasteiger partial charge in [0.05, 0.1) is 7.11 Å². The second-order valence-electron chi connectivity index (χ2n) is 5.78. The average Bonchev–Trinajstić information content (AvgIpc) is 2.37. The maximum Gasteiger partial charge on any atom is 0.200 e. The van der Waals surface area contributed by atoms with E-state index in [0.29, 0.717) is 24.2 Å². The molecule has 106 valence electrons. The van der Waals surface area contributed by atoms with Crippen molar-refractivity contribution in [2.24, 2.45) is 5.41 Å². The lowest BCUT2D eigenvalue weighted by Gasteiger charge is -2.30. The Bertz CT molecular complexity index is 582. The highest BCUT2D eigenvalue weighted by Crippen LogP contribution is 2.37. The summed E-state index contributed by atoms with van der Waals surface area (Å²) in [6.07, 6.45) is 0.847. The standard InChI is InChI=1S/C16H17FO3/c1-16(2)8-12(18)14(13(9-16)20-3)15(19)10-4-6-11(17)7-5-10/h4-7H,8-9H2,1-3H3. The SMILES string of the molecule is COC1=C(C(=O)c2ccc(F)cc2)C(=O)CC(C)(C)C1. The number of benzene rings is 1. The van der Waals surface area contributed by atoms with Gasteiger partial charge in [-0.2, -0.15) is 0 Å². The van der Waals surface area contributed by atoms with Crippen LogP contribution in [0.5, 0.6) is 0 Å². The molecule has 0 heterocycles. The van der Waals surface area contributed by atoms with E-state index in [-0.39, 0.29) is 16.8 Å². The summed E-state index contributed by atoms with van der Waals surface area (Å²) < 4.78 is 18.1. The Kier molecular flexibility index (Phi) is 3.75. The first-order valence-electron chi connectivity index (χ1n) is 6.45. The van der Waals surface area contributed by atoms with E-state index in [2.05, 4.69) is 0 Å². The number of ketones is 2. The Hall–Kier alpha value is -1.97. The van der Waals surface area contributed by atoms with Crippen LogP contribution in [0.3, 0.4) is 0 Å². The summed E-state index contributed by atoms with van der Waals surface area (Å²) >= 11 is 0. The highest BCUT2D eigenvalue weighted by atomic mass is 19.1. The number of rotatable bonds is 3. The predicted octanol–water partition coefficient (Wildman–Crippen LogP) is 3.30. The van der Waals surface area contributed by atoms with Crippen LogP contribution in [0.1, 0.15) is 37.0 Å². The third-order valence-corrected chi connectivity index (χ3v) is 3.42. The number of methoxy groups -OCH3 is 1. The number of allylic oxidation sites excluding steroid dienone is 2. The van der Waals surface area contributed by atoms with Crippen LogP contribution in [0.4, 0.5) is 4.39 Å². The molecule has 0 saturated heterocycles. The largest absolute Gasteiger partial charge is 0.500 e. The Morgan fingerprint density at radius 2 is 1.80 bits per heavy atom. The lowest BCUT2D eigenvalue weighted by molar-refractivity contribution is -0.118. The van der Waals surface area contributed by atoms with Crippen LogP contribution in [0.15, 0.2) is 35.6 Å². The monoisotopic (exact) mass is 276 g/mol. The van der Waals surface area contributed by atoms with Crippen molar-refractivity contribution in [2.45, 2.75) is 26.7 Å². The van der Waals surface area contributed by atoms with Gasteiger partial charge in [-0.3, -0.25) is 9.59 Å². The zero-order chi connectivity index (χ0) is 14.9. The molecule has 1 aromatic rings. The van der Waals surface area contributed by atoms with Gasteiger partial charge >= 0.3 is 0 Å². The van der Waals surface area contributed by atoms with Gasteiger partial charge in [0.2, 0.25) is 0 Å². The Morgan fingerprint density at radius 1 is 1.20 bits per heavy atom. The normalized spacial score (nSPS) is 18.1. The van der Waals surface area contributed by atoms with Crippen LogP contribution in [0.2, 0.25) is 0 Å². The van der Waals surface area contributed by atoms with Crippen LogP contribution >= 0.6 is 0 Å². The van der Waals surface area contributed by atoms with Crippen molar-refractivity contribution >= 4 is 11.6 Å². The minimum atomic E-state index is -0.418. The lowest BCUT2D eigenvalue weighted by Crippen LogP contribution is -2.29. The topological polar surface area (TPSA) is 43.4 Å².